The van der Waals surface area contributed by atoms with E-state index in [0.29, 0.717) is 11.6 Å². The van der Waals surface area contributed by atoms with Crippen LogP contribution in [0.2, 0.25) is 0 Å². The number of aromatic nitrogens is 1. The van der Waals surface area contributed by atoms with Gasteiger partial charge in [-0.05, 0) is 6.07 Å². The Bertz CT molecular complexity index is 387. The molecule has 1 heterocycles. The van der Waals surface area contributed by atoms with Gasteiger partial charge < -0.3 is 10.5 Å². The fourth-order valence-corrected chi connectivity index (χ4v) is 2.19. The van der Waals surface area contributed by atoms with Gasteiger partial charge in [0.25, 0.3) is 0 Å². The quantitative estimate of drug-likeness (QED) is 0.856. The van der Waals surface area contributed by atoms with Crippen molar-refractivity contribution in [3.8, 4) is 5.88 Å². The minimum atomic E-state index is -2.61. The van der Waals surface area contributed by atoms with Crippen molar-refractivity contribution in [3.05, 3.63) is 23.9 Å². The number of nitrogens with two attached hydrogens (primary N) is 1. The molecule has 2 rings (SSSR count). The molecular weight excluding hydrogens is 214 g/mol. The number of alkyl halides is 2. The van der Waals surface area contributed by atoms with Crippen LogP contribution >= 0.6 is 0 Å². The maximum absolute atomic E-state index is 13.0. The van der Waals surface area contributed by atoms with Crippen LogP contribution in [0.5, 0.6) is 5.88 Å². The maximum atomic E-state index is 13.0. The minimum absolute atomic E-state index is 0.183. The van der Waals surface area contributed by atoms with Gasteiger partial charge in [0.2, 0.25) is 11.8 Å². The second-order valence-electron chi connectivity index (χ2n) is 4.26. The summed E-state index contributed by atoms with van der Waals surface area (Å²) in [7, 11) is 1.50. The molecule has 5 heteroatoms. The van der Waals surface area contributed by atoms with E-state index < -0.39 is 11.3 Å². The standard InChI is InChI=1S/C11H14F2N2O/c1-16-9-4-2-3-8(15-9)10(7-14)5-11(12,13)6-10/h2-4H,5-7,14H2,1H3. The van der Waals surface area contributed by atoms with Gasteiger partial charge in [-0.3, -0.25) is 0 Å². The van der Waals surface area contributed by atoms with Gasteiger partial charge in [-0.2, -0.15) is 0 Å². The van der Waals surface area contributed by atoms with Crippen molar-refractivity contribution in [3.63, 3.8) is 0 Å². The van der Waals surface area contributed by atoms with Crippen molar-refractivity contribution < 1.29 is 13.5 Å². The number of halogens is 2. The fraction of sp³-hybridized carbons (Fsp3) is 0.545. The van der Waals surface area contributed by atoms with E-state index in [1.807, 2.05) is 0 Å². The molecule has 0 bridgehead atoms. The number of rotatable bonds is 3. The van der Waals surface area contributed by atoms with E-state index in [9.17, 15) is 8.78 Å². The topological polar surface area (TPSA) is 48.1 Å². The zero-order valence-electron chi connectivity index (χ0n) is 9.04. The van der Waals surface area contributed by atoms with Crippen molar-refractivity contribution in [2.45, 2.75) is 24.2 Å². The molecule has 1 aliphatic rings. The minimum Gasteiger partial charge on any atom is -0.481 e. The van der Waals surface area contributed by atoms with Gasteiger partial charge in [-0.25, -0.2) is 13.8 Å². The van der Waals surface area contributed by atoms with Crippen LogP contribution in [0.15, 0.2) is 18.2 Å². The lowest BCUT2D eigenvalue weighted by molar-refractivity contribution is -0.125. The summed E-state index contributed by atoms with van der Waals surface area (Å²) in [6.45, 7) is 0.183. The Labute approximate surface area is 92.6 Å². The molecule has 0 radical (unpaired) electrons. The molecule has 2 N–H and O–H groups in total. The number of nitrogens with zero attached hydrogens (tertiary/aromatic N) is 1. The van der Waals surface area contributed by atoms with Crippen LogP contribution in [0, 0.1) is 0 Å². The van der Waals surface area contributed by atoms with Crippen LogP contribution < -0.4 is 10.5 Å². The molecule has 16 heavy (non-hydrogen) atoms. The number of methoxy groups -OCH3 is 1. The lowest BCUT2D eigenvalue weighted by Gasteiger charge is -2.46. The van der Waals surface area contributed by atoms with E-state index >= 15 is 0 Å². The number of pyridine rings is 1. The summed E-state index contributed by atoms with van der Waals surface area (Å²) in [5.41, 5.74) is 5.51. The number of hydrogen-bond donors (Lipinski definition) is 1. The van der Waals surface area contributed by atoms with E-state index in [2.05, 4.69) is 4.98 Å². The first-order chi connectivity index (χ1) is 7.51. The third-order valence-corrected chi connectivity index (χ3v) is 3.06. The molecule has 1 saturated carbocycles. The molecule has 88 valence electrons. The summed E-state index contributed by atoms with van der Waals surface area (Å²) >= 11 is 0. The normalized spacial score (nSPS) is 21.2. The zero-order valence-corrected chi connectivity index (χ0v) is 9.04. The van der Waals surface area contributed by atoms with Gasteiger partial charge in [-0.15, -0.1) is 0 Å². The Kier molecular flexibility index (Phi) is 2.58. The van der Waals surface area contributed by atoms with Gasteiger partial charge in [0.15, 0.2) is 0 Å². The molecule has 0 aliphatic heterocycles. The monoisotopic (exact) mass is 228 g/mol. The molecule has 1 aliphatic carbocycles. The average molecular weight is 228 g/mol. The largest absolute Gasteiger partial charge is 0.481 e. The van der Waals surface area contributed by atoms with Crippen molar-refractivity contribution in [2.75, 3.05) is 13.7 Å². The Morgan fingerprint density at radius 2 is 2.12 bits per heavy atom. The predicted octanol–water partition coefficient (Wildman–Crippen LogP) is 1.72. The molecule has 0 unspecified atom stereocenters. The maximum Gasteiger partial charge on any atom is 0.250 e. The van der Waals surface area contributed by atoms with Crippen LogP contribution in [-0.2, 0) is 5.41 Å². The molecule has 0 aromatic carbocycles. The molecule has 0 amide bonds. The highest BCUT2D eigenvalue weighted by atomic mass is 19.3. The highest BCUT2D eigenvalue weighted by Gasteiger charge is 2.57. The molecule has 3 nitrogen and oxygen atoms in total. The van der Waals surface area contributed by atoms with E-state index in [4.69, 9.17) is 10.5 Å². The van der Waals surface area contributed by atoms with E-state index in [-0.39, 0.29) is 19.4 Å². The lowest BCUT2D eigenvalue weighted by atomic mass is 9.64. The van der Waals surface area contributed by atoms with E-state index in [1.54, 1.807) is 18.2 Å². The summed E-state index contributed by atoms with van der Waals surface area (Å²) in [6, 6.07) is 5.16. The fourth-order valence-electron chi connectivity index (χ4n) is 2.19. The first-order valence-corrected chi connectivity index (χ1v) is 5.11. The van der Waals surface area contributed by atoms with Gasteiger partial charge in [0.05, 0.1) is 12.8 Å². The highest BCUT2D eigenvalue weighted by molar-refractivity contribution is 5.28. The summed E-state index contributed by atoms with van der Waals surface area (Å²) in [5.74, 6) is -2.18. The van der Waals surface area contributed by atoms with Crippen molar-refractivity contribution in [1.82, 2.24) is 4.98 Å². The zero-order chi connectivity index (χ0) is 11.8. The summed E-state index contributed by atoms with van der Waals surface area (Å²) in [6.07, 6.45) is -0.451. The first kappa shape index (κ1) is 11.3. The first-order valence-electron chi connectivity index (χ1n) is 5.11. The van der Waals surface area contributed by atoms with Crippen molar-refractivity contribution in [1.29, 1.82) is 0 Å². The molecule has 0 atom stereocenters. The molecular formula is C11H14F2N2O. The smallest absolute Gasteiger partial charge is 0.250 e. The van der Waals surface area contributed by atoms with Crippen LogP contribution in [0.3, 0.4) is 0 Å². The van der Waals surface area contributed by atoms with Gasteiger partial charge in [0, 0.05) is 30.9 Å². The van der Waals surface area contributed by atoms with Crippen molar-refractivity contribution >= 4 is 0 Å². The SMILES string of the molecule is COc1cccc(C2(CN)CC(F)(F)C2)n1. The van der Waals surface area contributed by atoms with Gasteiger partial charge in [0.1, 0.15) is 0 Å². The molecule has 1 aromatic rings. The Hall–Kier alpha value is -1.23. The van der Waals surface area contributed by atoms with Crippen LogP contribution in [-0.4, -0.2) is 24.6 Å². The van der Waals surface area contributed by atoms with Crippen LogP contribution in [0.25, 0.3) is 0 Å². The Morgan fingerprint density at radius 1 is 1.44 bits per heavy atom. The summed E-state index contributed by atoms with van der Waals surface area (Å²) < 4.78 is 30.9. The Morgan fingerprint density at radius 3 is 2.62 bits per heavy atom. The molecule has 0 spiro atoms. The third kappa shape index (κ3) is 1.75. The Balaban J connectivity index is 2.28. The summed E-state index contributed by atoms with van der Waals surface area (Å²) in [4.78, 5) is 4.19. The molecule has 1 aromatic heterocycles. The molecule has 1 fully saturated rings. The lowest BCUT2D eigenvalue weighted by Crippen LogP contribution is -2.54. The van der Waals surface area contributed by atoms with Crippen molar-refractivity contribution in [2.24, 2.45) is 5.73 Å². The highest BCUT2D eigenvalue weighted by Crippen LogP contribution is 2.52. The second kappa shape index (κ2) is 3.66. The van der Waals surface area contributed by atoms with E-state index in [1.165, 1.54) is 7.11 Å². The van der Waals surface area contributed by atoms with Gasteiger partial charge >= 0.3 is 0 Å². The van der Waals surface area contributed by atoms with Crippen LogP contribution in [0.1, 0.15) is 18.5 Å². The summed E-state index contributed by atoms with van der Waals surface area (Å²) in [5, 5.41) is 0. The number of ether oxygens (including phenoxy) is 1. The average Bonchev–Trinajstić information content (AvgIpc) is 2.25. The molecule has 0 saturated heterocycles. The third-order valence-electron chi connectivity index (χ3n) is 3.06. The number of hydrogen-bond acceptors (Lipinski definition) is 3. The van der Waals surface area contributed by atoms with E-state index in [0.717, 1.165) is 0 Å². The predicted molar refractivity (Wildman–Crippen MR) is 55.7 cm³/mol. The van der Waals surface area contributed by atoms with Gasteiger partial charge in [-0.1, -0.05) is 6.07 Å². The second-order valence-corrected chi connectivity index (χ2v) is 4.26. The van der Waals surface area contributed by atoms with Crippen LogP contribution in [0.4, 0.5) is 8.78 Å².